The van der Waals surface area contributed by atoms with Gasteiger partial charge < -0.3 is 19.5 Å². The van der Waals surface area contributed by atoms with Gasteiger partial charge in [0.05, 0.1) is 6.42 Å². The van der Waals surface area contributed by atoms with Crippen LogP contribution in [-0.2, 0) is 19.7 Å². The number of rotatable bonds is 7. The monoisotopic (exact) mass is 363 g/mol. The van der Waals surface area contributed by atoms with Gasteiger partial charge in [0.2, 0.25) is 0 Å². The predicted octanol–water partition coefficient (Wildman–Crippen LogP) is 2.85. The van der Waals surface area contributed by atoms with Crippen LogP contribution in [0, 0.1) is 0 Å². The molecule has 1 aliphatic rings. The fraction of sp³-hybridized carbons (Fsp3) is 0.600. The Balaban J connectivity index is 2.06. The molecule has 1 fully saturated rings. The second-order valence-corrected chi connectivity index (χ2v) is 7.61. The van der Waals surface area contributed by atoms with E-state index in [-0.39, 0.29) is 36.9 Å². The van der Waals surface area contributed by atoms with Gasteiger partial charge in [-0.3, -0.25) is 9.59 Å². The third kappa shape index (κ3) is 5.73. The van der Waals surface area contributed by atoms with Crippen LogP contribution in [0.4, 0.5) is 0 Å². The summed E-state index contributed by atoms with van der Waals surface area (Å²) in [5, 5.41) is 8.98. The van der Waals surface area contributed by atoms with Gasteiger partial charge in [0.15, 0.2) is 6.61 Å². The van der Waals surface area contributed by atoms with Gasteiger partial charge >= 0.3 is 5.97 Å². The molecule has 0 aliphatic carbocycles. The number of hydrogen-bond acceptors (Lipinski definition) is 4. The molecule has 6 nitrogen and oxygen atoms in total. The molecule has 1 aromatic carbocycles. The zero-order valence-corrected chi connectivity index (χ0v) is 15.9. The van der Waals surface area contributed by atoms with Crippen LogP contribution in [-0.4, -0.2) is 54.3 Å². The van der Waals surface area contributed by atoms with Gasteiger partial charge in [-0.25, -0.2) is 0 Å². The van der Waals surface area contributed by atoms with E-state index in [1.54, 1.807) is 4.90 Å². The molecule has 0 radical (unpaired) electrons. The molecule has 1 saturated heterocycles. The fourth-order valence-corrected chi connectivity index (χ4v) is 3.16. The minimum Gasteiger partial charge on any atom is -0.483 e. The first kappa shape index (κ1) is 20.2. The van der Waals surface area contributed by atoms with E-state index in [2.05, 4.69) is 20.8 Å². The average Bonchev–Trinajstić information content (AvgIpc) is 2.60. The van der Waals surface area contributed by atoms with Crippen LogP contribution in [0.5, 0.6) is 5.75 Å². The van der Waals surface area contributed by atoms with Crippen molar-refractivity contribution in [3.8, 4) is 5.75 Å². The van der Waals surface area contributed by atoms with Gasteiger partial charge in [-0.2, -0.15) is 0 Å². The lowest BCUT2D eigenvalue weighted by atomic mass is 9.86. The summed E-state index contributed by atoms with van der Waals surface area (Å²) < 4.78 is 11.2. The number of amides is 1. The van der Waals surface area contributed by atoms with Gasteiger partial charge in [0.25, 0.3) is 5.91 Å². The molecule has 6 heteroatoms. The van der Waals surface area contributed by atoms with Gasteiger partial charge in [-0.15, -0.1) is 0 Å². The van der Waals surface area contributed by atoms with E-state index in [1.807, 2.05) is 24.3 Å². The van der Waals surface area contributed by atoms with Crippen molar-refractivity contribution in [2.24, 2.45) is 0 Å². The lowest BCUT2D eigenvalue weighted by Crippen LogP contribution is -2.46. The van der Waals surface area contributed by atoms with Crippen LogP contribution < -0.4 is 4.74 Å². The molecular formula is C20H29NO5. The standard InChI is InChI=1S/C20H29NO5/c1-20(2,3)16-6-4-5-7-17(16)26-14-18(22)21(11-8-19(23)24)15-9-12-25-13-10-15/h4-7,15H,8-14H2,1-3H3,(H,23,24). The maximum atomic E-state index is 12.8. The third-order valence-electron chi connectivity index (χ3n) is 4.56. The predicted molar refractivity (Wildman–Crippen MR) is 98.4 cm³/mol. The molecule has 144 valence electrons. The molecule has 1 heterocycles. The minimum atomic E-state index is -0.908. The van der Waals surface area contributed by atoms with Crippen LogP contribution in [0.3, 0.4) is 0 Å². The number of ether oxygens (including phenoxy) is 2. The summed E-state index contributed by atoms with van der Waals surface area (Å²) in [5.41, 5.74) is 0.944. The van der Waals surface area contributed by atoms with Crippen molar-refractivity contribution in [2.75, 3.05) is 26.4 Å². The Kier molecular flexibility index (Phi) is 7.03. The molecule has 1 N–H and O–H groups in total. The maximum Gasteiger partial charge on any atom is 0.305 e. The van der Waals surface area contributed by atoms with Crippen molar-refractivity contribution >= 4 is 11.9 Å². The number of carbonyl (C=O) groups is 2. The van der Waals surface area contributed by atoms with E-state index in [0.717, 1.165) is 18.4 Å². The van der Waals surface area contributed by atoms with E-state index in [4.69, 9.17) is 14.6 Å². The van der Waals surface area contributed by atoms with Crippen LogP contribution in [0.15, 0.2) is 24.3 Å². The van der Waals surface area contributed by atoms with E-state index in [0.29, 0.717) is 19.0 Å². The van der Waals surface area contributed by atoms with Crippen LogP contribution >= 0.6 is 0 Å². The number of para-hydroxylation sites is 1. The Hall–Kier alpha value is -2.08. The lowest BCUT2D eigenvalue weighted by molar-refractivity contribution is -0.141. The number of hydrogen-bond donors (Lipinski definition) is 1. The number of carbonyl (C=O) groups excluding carboxylic acids is 1. The minimum absolute atomic E-state index is 0.0112. The highest BCUT2D eigenvalue weighted by molar-refractivity contribution is 5.79. The highest BCUT2D eigenvalue weighted by atomic mass is 16.5. The zero-order valence-electron chi connectivity index (χ0n) is 15.9. The van der Waals surface area contributed by atoms with Crippen LogP contribution in [0.1, 0.15) is 45.6 Å². The van der Waals surface area contributed by atoms with E-state index >= 15 is 0 Å². The molecule has 0 aromatic heterocycles. The first-order valence-electron chi connectivity index (χ1n) is 9.10. The quantitative estimate of drug-likeness (QED) is 0.806. The Morgan fingerprint density at radius 3 is 2.50 bits per heavy atom. The topological polar surface area (TPSA) is 76.1 Å². The molecule has 2 rings (SSSR count). The first-order chi connectivity index (χ1) is 12.3. The van der Waals surface area contributed by atoms with Crippen LogP contribution in [0.2, 0.25) is 0 Å². The Bertz CT molecular complexity index is 617. The molecule has 0 saturated carbocycles. The Labute approximate surface area is 155 Å². The summed E-state index contributed by atoms with van der Waals surface area (Å²) in [5.74, 6) is -0.394. The second kappa shape index (κ2) is 9.03. The number of carboxylic acids is 1. The van der Waals surface area contributed by atoms with Gasteiger partial charge in [-0.05, 0) is 29.9 Å². The molecule has 26 heavy (non-hydrogen) atoms. The Morgan fingerprint density at radius 1 is 1.23 bits per heavy atom. The molecule has 0 spiro atoms. The summed E-state index contributed by atoms with van der Waals surface area (Å²) in [6, 6.07) is 7.72. The maximum absolute atomic E-state index is 12.8. The van der Waals surface area contributed by atoms with Gasteiger partial charge in [0, 0.05) is 25.8 Å². The lowest BCUT2D eigenvalue weighted by Gasteiger charge is -2.34. The normalized spacial score (nSPS) is 15.5. The highest BCUT2D eigenvalue weighted by Gasteiger charge is 2.27. The van der Waals surface area contributed by atoms with Crippen molar-refractivity contribution in [3.05, 3.63) is 29.8 Å². The Morgan fingerprint density at radius 2 is 1.88 bits per heavy atom. The molecule has 1 amide bonds. The summed E-state index contributed by atoms with van der Waals surface area (Å²) in [4.78, 5) is 25.4. The molecular weight excluding hydrogens is 334 g/mol. The molecule has 0 atom stereocenters. The van der Waals surface area contributed by atoms with Gasteiger partial charge in [-0.1, -0.05) is 39.0 Å². The van der Waals surface area contributed by atoms with Crippen molar-refractivity contribution in [2.45, 2.75) is 51.5 Å². The molecule has 1 aromatic rings. The van der Waals surface area contributed by atoms with E-state index in [9.17, 15) is 9.59 Å². The van der Waals surface area contributed by atoms with Crippen LogP contribution in [0.25, 0.3) is 0 Å². The number of aliphatic carboxylic acids is 1. The van der Waals surface area contributed by atoms with Gasteiger partial charge in [0.1, 0.15) is 5.75 Å². The number of carboxylic acid groups (broad SMARTS) is 1. The fourth-order valence-electron chi connectivity index (χ4n) is 3.16. The van der Waals surface area contributed by atoms with E-state index < -0.39 is 5.97 Å². The SMILES string of the molecule is CC(C)(C)c1ccccc1OCC(=O)N(CCC(=O)O)C1CCOCC1. The average molecular weight is 363 g/mol. The zero-order chi connectivity index (χ0) is 19.2. The van der Waals surface area contributed by atoms with E-state index in [1.165, 1.54) is 0 Å². The summed E-state index contributed by atoms with van der Waals surface area (Å²) in [7, 11) is 0. The third-order valence-corrected chi connectivity index (χ3v) is 4.56. The summed E-state index contributed by atoms with van der Waals surface area (Å²) >= 11 is 0. The molecule has 0 unspecified atom stereocenters. The largest absolute Gasteiger partial charge is 0.483 e. The van der Waals surface area contributed by atoms with Crippen molar-refractivity contribution in [1.29, 1.82) is 0 Å². The first-order valence-corrected chi connectivity index (χ1v) is 9.10. The second-order valence-electron chi connectivity index (χ2n) is 7.61. The summed E-state index contributed by atoms with van der Waals surface area (Å²) in [6.07, 6.45) is 1.38. The number of nitrogens with zero attached hydrogens (tertiary/aromatic N) is 1. The summed E-state index contributed by atoms with van der Waals surface area (Å²) in [6.45, 7) is 7.58. The highest BCUT2D eigenvalue weighted by Crippen LogP contribution is 2.31. The smallest absolute Gasteiger partial charge is 0.305 e. The van der Waals surface area contributed by atoms with Crippen molar-refractivity contribution in [1.82, 2.24) is 4.90 Å². The van der Waals surface area contributed by atoms with Crippen molar-refractivity contribution in [3.63, 3.8) is 0 Å². The number of benzene rings is 1. The molecule has 1 aliphatic heterocycles. The van der Waals surface area contributed by atoms with Crippen molar-refractivity contribution < 1.29 is 24.2 Å². The molecule has 0 bridgehead atoms.